The second-order valence-corrected chi connectivity index (χ2v) is 2.89. The van der Waals surface area contributed by atoms with Crippen molar-refractivity contribution < 1.29 is 14.3 Å². The number of nitrogens with zero attached hydrogens (tertiary/aromatic N) is 2. The van der Waals surface area contributed by atoms with Crippen LogP contribution >= 0.6 is 0 Å². The van der Waals surface area contributed by atoms with Gasteiger partial charge < -0.3 is 4.40 Å². The molecule has 2 heterocycles. The van der Waals surface area contributed by atoms with Gasteiger partial charge in [0.15, 0.2) is 5.69 Å². The normalized spacial score (nSPS) is 10.4. The van der Waals surface area contributed by atoms with Gasteiger partial charge in [0.2, 0.25) is 0 Å². The Balaban J connectivity index is 2.62. The molecule has 4 nitrogen and oxygen atoms in total. The van der Waals surface area contributed by atoms with Gasteiger partial charge in [0.05, 0.1) is 0 Å². The topological polar surface area (TPSA) is 43.6 Å². The van der Waals surface area contributed by atoms with E-state index in [9.17, 15) is 9.32 Å². The summed E-state index contributed by atoms with van der Waals surface area (Å²) in [5.41, 5.74) is 1.46. The fourth-order valence-electron chi connectivity index (χ4n) is 1.29. The van der Waals surface area contributed by atoms with Crippen molar-refractivity contribution in [2.24, 2.45) is 0 Å². The van der Waals surface area contributed by atoms with Gasteiger partial charge >= 0.3 is 5.97 Å². The Morgan fingerprint density at radius 2 is 2.36 bits per heavy atom. The predicted octanol–water partition coefficient (Wildman–Crippen LogP) is 1.68. The molecule has 72 valence electrons. The molecule has 0 fully saturated rings. The summed E-state index contributed by atoms with van der Waals surface area (Å²) < 4.78 is 13.3. The molecule has 5 heteroatoms. The predicted molar refractivity (Wildman–Crippen MR) is 46.5 cm³/mol. The van der Waals surface area contributed by atoms with Gasteiger partial charge in [-0.1, -0.05) is 6.07 Å². The Bertz CT molecular complexity index is 493. The summed E-state index contributed by atoms with van der Waals surface area (Å²) >= 11 is 0. The third-order valence-corrected chi connectivity index (χ3v) is 1.98. The van der Waals surface area contributed by atoms with Crippen molar-refractivity contribution in [3.8, 4) is 0 Å². The first-order valence-electron chi connectivity index (χ1n) is 4.00. The van der Waals surface area contributed by atoms with Crippen LogP contribution in [-0.4, -0.2) is 15.4 Å². The van der Waals surface area contributed by atoms with Gasteiger partial charge in [-0.05, 0) is 19.1 Å². The molecule has 0 radical (unpaired) electrons. The highest BCUT2D eigenvalue weighted by Gasteiger charge is 2.12. The number of aromatic nitrogens is 2. The van der Waals surface area contributed by atoms with Crippen LogP contribution in [0.4, 0.5) is 4.53 Å². The van der Waals surface area contributed by atoms with Gasteiger partial charge in [0.25, 0.3) is 0 Å². The number of carbonyl (C=O) groups is 1. The number of fused-ring (bicyclic) bond motifs is 1. The van der Waals surface area contributed by atoms with Crippen molar-refractivity contribution in [1.82, 2.24) is 9.38 Å². The van der Waals surface area contributed by atoms with E-state index in [2.05, 4.69) is 9.93 Å². The van der Waals surface area contributed by atoms with Crippen LogP contribution in [0.2, 0.25) is 0 Å². The van der Waals surface area contributed by atoms with Crippen molar-refractivity contribution in [2.45, 2.75) is 6.92 Å². The number of imidazole rings is 1. The number of rotatable bonds is 1. The average molecular weight is 194 g/mol. The zero-order valence-electron chi connectivity index (χ0n) is 7.40. The molecule has 0 aromatic carbocycles. The fraction of sp³-hybridized carbons (Fsp3) is 0.111. The van der Waals surface area contributed by atoms with E-state index in [0.717, 1.165) is 5.69 Å². The summed E-state index contributed by atoms with van der Waals surface area (Å²) in [6.07, 6.45) is 1.44. The first-order chi connectivity index (χ1) is 6.72. The number of hydrogen-bond donors (Lipinski definition) is 0. The molecule has 0 N–H and O–H groups in total. The van der Waals surface area contributed by atoms with Gasteiger partial charge in [-0.15, -0.1) is 0 Å². The summed E-state index contributed by atoms with van der Waals surface area (Å²) in [6.45, 7) is 1.86. The van der Waals surface area contributed by atoms with Crippen LogP contribution in [0.3, 0.4) is 0 Å². The largest absolute Gasteiger partial charge is 0.399 e. The standard InChI is InChI=1S/C9H7FN2O2/c1-6-3-2-4-8-11-7(5-12(6)8)9(13)14-10/h2-5H,1H3. The maximum absolute atomic E-state index is 11.6. The van der Waals surface area contributed by atoms with E-state index in [1.165, 1.54) is 6.20 Å². The zero-order chi connectivity index (χ0) is 10.1. The summed E-state index contributed by atoms with van der Waals surface area (Å²) in [4.78, 5) is 17.8. The van der Waals surface area contributed by atoms with Crippen LogP contribution in [-0.2, 0) is 4.94 Å². The molecule has 0 aliphatic carbocycles. The molecule has 0 aliphatic rings. The molecular weight excluding hydrogens is 187 g/mol. The molecular formula is C9H7FN2O2. The zero-order valence-corrected chi connectivity index (χ0v) is 7.40. The lowest BCUT2D eigenvalue weighted by molar-refractivity contribution is -0.0792. The number of carbonyl (C=O) groups excluding carboxylic acids is 1. The second kappa shape index (κ2) is 3.10. The van der Waals surface area contributed by atoms with E-state index < -0.39 is 5.97 Å². The molecule has 0 aliphatic heterocycles. The van der Waals surface area contributed by atoms with Gasteiger partial charge in [-0.2, -0.15) is 0 Å². The summed E-state index contributed by atoms with van der Waals surface area (Å²) in [6, 6.07) is 5.39. The molecule has 0 saturated heterocycles. The molecule has 0 spiro atoms. The number of pyridine rings is 1. The van der Waals surface area contributed by atoms with Gasteiger partial charge in [-0.3, -0.25) is 0 Å². The molecule has 0 atom stereocenters. The Kier molecular flexibility index (Phi) is 1.92. The van der Waals surface area contributed by atoms with Crippen molar-refractivity contribution >= 4 is 11.6 Å². The van der Waals surface area contributed by atoms with Crippen LogP contribution in [0.5, 0.6) is 0 Å². The minimum atomic E-state index is -1.08. The molecule has 0 bridgehead atoms. The lowest BCUT2D eigenvalue weighted by Gasteiger charge is -1.95. The van der Waals surface area contributed by atoms with Gasteiger partial charge in [0, 0.05) is 16.4 Å². The molecule has 0 unspecified atom stereocenters. The first kappa shape index (κ1) is 8.68. The van der Waals surface area contributed by atoms with E-state index in [1.54, 1.807) is 10.5 Å². The van der Waals surface area contributed by atoms with Crippen LogP contribution in [0.25, 0.3) is 5.65 Å². The highest BCUT2D eigenvalue weighted by molar-refractivity contribution is 5.87. The monoisotopic (exact) mass is 194 g/mol. The van der Waals surface area contributed by atoms with E-state index in [-0.39, 0.29) is 5.69 Å². The van der Waals surface area contributed by atoms with Crippen molar-refractivity contribution in [2.75, 3.05) is 0 Å². The molecule has 0 amide bonds. The number of hydrogen-bond acceptors (Lipinski definition) is 3. The number of aryl methyl sites for hydroxylation is 1. The van der Waals surface area contributed by atoms with Crippen molar-refractivity contribution in [3.05, 3.63) is 35.8 Å². The molecule has 2 aromatic rings. The highest BCUT2D eigenvalue weighted by atomic mass is 19.3. The lowest BCUT2D eigenvalue weighted by atomic mass is 10.4. The second-order valence-electron chi connectivity index (χ2n) is 2.89. The fourth-order valence-corrected chi connectivity index (χ4v) is 1.29. The van der Waals surface area contributed by atoms with E-state index in [1.807, 2.05) is 19.1 Å². The summed E-state index contributed by atoms with van der Waals surface area (Å²) in [5.74, 6) is -1.08. The third-order valence-electron chi connectivity index (χ3n) is 1.98. The minimum absolute atomic E-state index is 0.0400. The SMILES string of the molecule is Cc1cccc2nc(C(=O)OF)cn12. The summed E-state index contributed by atoms with van der Waals surface area (Å²) in [7, 11) is 0. The Morgan fingerprint density at radius 3 is 3.00 bits per heavy atom. The van der Waals surface area contributed by atoms with E-state index in [0.29, 0.717) is 5.65 Å². The Morgan fingerprint density at radius 1 is 1.57 bits per heavy atom. The quantitative estimate of drug-likeness (QED) is 0.693. The van der Waals surface area contributed by atoms with Crippen LogP contribution < -0.4 is 0 Å². The van der Waals surface area contributed by atoms with E-state index in [4.69, 9.17) is 0 Å². The average Bonchev–Trinajstić information content (AvgIpc) is 2.62. The Hall–Kier alpha value is -1.91. The lowest BCUT2D eigenvalue weighted by Crippen LogP contribution is -1.98. The van der Waals surface area contributed by atoms with Gasteiger partial charge in [-0.25, -0.2) is 14.7 Å². The van der Waals surface area contributed by atoms with Crippen LogP contribution in [0, 0.1) is 6.92 Å². The molecule has 14 heavy (non-hydrogen) atoms. The van der Waals surface area contributed by atoms with Crippen molar-refractivity contribution in [3.63, 3.8) is 0 Å². The molecule has 2 aromatic heterocycles. The summed E-state index contributed by atoms with van der Waals surface area (Å²) in [5, 5.41) is 0. The smallest absolute Gasteiger partial charge is 0.303 e. The minimum Gasteiger partial charge on any atom is -0.303 e. The third kappa shape index (κ3) is 1.22. The molecule has 2 rings (SSSR count). The maximum Gasteiger partial charge on any atom is 0.399 e. The number of halogens is 1. The Labute approximate surface area is 78.8 Å². The maximum atomic E-state index is 11.6. The molecule has 0 saturated carbocycles. The first-order valence-corrected chi connectivity index (χ1v) is 4.00. The van der Waals surface area contributed by atoms with Crippen molar-refractivity contribution in [1.29, 1.82) is 0 Å². The highest BCUT2D eigenvalue weighted by Crippen LogP contribution is 2.09. The van der Waals surface area contributed by atoms with Crippen LogP contribution in [0.1, 0.15) is 16.2 Å². The van der Waals surface area contributed by atoms with E-state index >= 15 is 0 Å². The van der Waals surface area contributed by atoms with Gasteiger partial charge in [0.1, 0.15) is 5.65 Å². The van der Waals surface area contributed by atoms with Crippen LogP contribution in [0.15, 0.2) is 24.4 Å².